The second-order valence-corrected chi connectivity index (χ2v) is 14.0. The van der Waals surface area contributed by atoms with E-state index in [1.165, 1.54) is 64.2 Å². The first-order valence-corrected chi connectivity index (χ1v) is 15.9. The van der Waals surface area contributed by atoms with Crippen molar-refractivity contribution in [1.29, 1.82) is 0 Å². The molecule has 0 aromatic carbocycles. The summed E-state index contributed by atoms with van der Waals surface area (Å²) >= 11 is 0. The van der Waals surface area contributed by atoms with Gasteiger partial charge in [-0.15, -0.1) is 0 Å². The molecular weight excluding hydrogens is 460 g/mol. The maximum Gasteiger partial charge on any atom is 0.0704 e. The van der Waals surface area contributed by atoms with Crippen molar-refractivity contribution in [2.75, 3.05) is 39.6 Å². The molecule has 0 saturated heterocycles. The fourth-order valence-corrected chi connectivity index (χ4v) is 9.45. The van der Waals surface area contributed by atoms with Crippen LogP contribution in [0, 0.1) is 46.3 Å². The van der Waals surface area contributed by atoms with E-state index in [2.05, 4.69) is 40.7 Å². The molecule has 0 bridgehead atoms. The molecule has 0 aliphatic heterocycles. The average Bonchev–Trinajstić information content (AvgIpc) is 3.22. The second-order valence-electron chi connectivity index (χ2n) is 14.0. The van der Waals surface area contributed by atoms with E-state index in [4.69, 9.17) is 19.3 Å². The first-order chi connectivity index (χ1) is 17.8. The van der Waals surface area contributed by atoms with Gasteiger partial charge in [-0.3, -0.25) is 0 Å². The van der Waals surface area contributed by atoms with Crippen molar-refractivity contribution in [3.8, 4) is 0 Å². The van der Waals surface area contributed by atoms with Crippen molar-refractivity contribution in [3.05, 3.63) is 11.6 Å². The van der Waals surface area contributed by atoms with Crippen LogP contribution in [-0.4, -0.2) is 50.9 Å². The van der Waals surface area contributed by atoms with Crippen LogP contribution in [0.4, 0.5) is 0 Å². The number of hydrogen-bond donors (Lipinski definition) is 1. The number of fused-ring (bicyclic) bond motifs is 5. The van der Waals surface area contributed by atoms with E-state index in [1.54, 1.807) is 5.57 Å². The minimum atomic E-state index is 0.0689. The van der Waals surface area contributed by atoms with Gasteiger partial charge < -0.3 is 19.3 Å². The number of aliphatic hydroxyl groups is 1. The third kappa shape index (κ3) is 6.67. The Kier molecular flexibility index (Phi) is 10.6. The largest absolute Gasteiger partial charge is 0.394 e. The van der Waals surface area contributed by atoms with Gasteiger partial charge in [-0.1, -0.05) is 65.5 Å². The lowest BCUT2D eigenvalue weighted by atomic mass is 9.47. The summed E-state index contributed by atoms with van der Waals surface area (Å²) in [5.41, 5.74) is 2.68. The lowest BCUT2D eigenvalue weighted by Gasteiger charge is -2.58. The van der Waals surface area contributed by atoms with E-state index in [-0.39, 0.29) is 6.61 Å². The highest BCUT2D eigenvalue weighted by Gasteiger charge is 2.59. The van der Waals surface area contributed by atoms with Crippen molar-refractivity contribution in [3.63, 3.8) is 0 Å². The van der Waals surface area contributed by atoms with Gasteiger partial charge in [0.15, 0.2) is 0 Å². The minimum Gasteiger partial charge on any atom is -0.394 e. The Hall–Kier alpha value is -0.420. The van der Waals surface area contributed by atoms with Crippen LogP contribution < -0.4 is 0 Å². The third-order valence-corrected chi connectivity index (χ3v) is 11.4. The molecule has 0 radical (unpaired) electrons. The number of ether oxygens (including phenoxy) is 3. The Morgan fingerprint density at radius 1 is 0.892 bits per heavy atom. The molecule has 0 spiro atoms. The van der Waals surface area contributed by atoms with Crippen LogP contribution in [0.25, 0.3) is 0 Å². The zero-order chi connectivity index (χ0) is 26.5. The predicted octanol–water partition coefficient (Wildman–Crippen LogP) is 7.44. The fourth-order valence-electron chi connectivity index (χ4n) is 9.45. The molecule has 0 amide bonds. The molecule has 0 unspecified atom stereocenters. The van der Waals surface area contributed by atoms with Crippen molar-refractivity contribution >= 4 is 0 Å². The molecule has 3 saturated carbocycles. The van der Waals surface area contributed by atoms with Gasteiger partial charge in [-0.05, 0) is 97.7 Å². The molecule has 8 atom stereocenters. The van der Waals surface area contributed by atoms with Crippen LogP contribution in [0.5, 0.6) is 0 Å². The highest BCUT2D eigenvalue weighted by Crippen LogP contribution is 2.67. The maximum absolute atomic E-state index is 8.75. The molecule has 1 N–H and O–H groups in total. The van der Waals surface area contributed by atoms with E-state index in [9.17, 15) is 0 Å². The van der Waals surface area contributed by atoms with Crippen LogP contribution in [0.1, 0.15) is 105 Å². The monoisotopic (exact) mass is 518 g/mol. The molecule has 4 rings (SSSR count). The first kappa shape index (κ1) is 29.6. The van der Waals surface area contributed by atoms with Gasteiger partial charge in [0, 0.05) is 0 Å². The van der Waals surface area contributed by atoms with E-state index in [1.807, 2.05) is 0 Å². The van der Waals surface area contributed by atoms with Crippen LogP contribution in [0.3, 0.4) is 0 Å². The minimum absolute atomic E-state index is 0.0689. The summed E-state index contributed by atoms with van der Waals surface area (Å²) in [5.74, 6) is 5.39. The summed E-state index contributed by atoms with van der Waals surface area (Å²) in [5, 5.41) is 8.75. The summed E-state index contributed by atoms with van der Waals surface area (Å²) in [4.78, 5) is 0. The quantitative estimate of drug-likeness (QED) is 0.192. The molecule has 214 valence electrons. The summed E-state index contributed by atoms with van der Waals surface area (Å²) in [6.45, 7) is 15.5. The topological polar surface area (TPSA) is 47.9 Å². The van der Waals surface area contributed by atoms with Crippen molar-refractivity contribution in [2.24, 2.45) is 46.3 Å². The number of hydrogen-bond acceptors (Lipinski definition) is 4. The van der Waals surface area contributed by atoms with E-state index in [0.29, 0.717) is 50.0 Å². The van der Waals surface area contributed by atoms with Gasteiger partial charge in [0.2, 0.25) is 0 Å². The molecule has 0 aromatic heterocycles. The van der Waals surface area contributed by atoms with Crippen LogP contribution in [0.2, 0.25) is 0 Å². The molecule has 4 aliphatic carbocycles. The van der Waals surface area contributed by atoms with E-state index >= 15 is 0 Å². The zero-order valence-electron chi connectivity index (χ0n) is 24.8. The van der Waals surface area contributed by atoms with Crippen LogP contribution in [0.15, 0.2) is 11.6 Å². The smallest absolute Gasteiger partial charge is 0.0704 e. The molecule has 4 nitrogen and oxygen atoms in total. The third-order valence-electron chi connectivity index (χ3n) is 11.4. The van der Waals surface area contributed by atoms with Crippen molar-refractivity contribution < 1.29 is 19.3 Å². The Morgan fingerprint density at radius 2 is 1.65 bits per heavy atom. The normalized spacial score (nSPS) is 38.1. The van der Waals surface area contributed by atoms with E-state index in [0.717, 1.165) is 41.9 Å². The Morgan fingerprint density at radius 3 is 2.41 bits per heavy atom. The highest BCUT2D eigenvalue weighted by molar-refractivity contribution is 5.25. The van der Waals surface area contributed by atoms with Crippen LogP contribution in [-0.2, 0) is 14.2 Å². The number of allylic oxidation sites excluding steroid dienone is 1. The maximum atomic E-state index is 8.75. The van der Waals surface area contributed by atoms with Crippen LogP contribution >= 0.6 is 0 Å². The molecule has 0 heterocycles. The standard InChI is InChI=1S/C33H58O4/c1-24(2)7-6-8-25(3)29-11-12-30-28-10-9-26-23-27(37-22-21-36-20-19-35-18-17-34)13-15-32(26,4)31(28)14-16-33(29,30)5/h9,24-25,27-31,34H,6-8,10-23H2,1-5H3/t25-,27-,28+,29-,30+,31+,32+,33-/m1/s1. The van der Waals surface area contributed by atoms with Gasteiger partial charge in [-0.2, -0.15) is 0 Å². The summed E-state index contributed by atoms with van der Waals surface area (Å²) in [7, 11) is 0. The summed E-state index contributed by atoms with van der Waals surface area (Å²) in [6, 6.07) is 0. The Labute approximate surface area is 228 Å². The lowest BCUT2D eigenvalue weighted by molar-refractivity contribution is -0.0690. The Bertz CT molecular complexity index is 734. The fraction of sp³-hybridized carbons (Fsp3) is 0.939. The van der Waals surface area contributed by atoms with E-state index < -0.39 is 0 Å². The molecule has 4 heteroatoms. The second kappa shape index (κ2) is 13.3. The number of aliphatic hydroxyl groups excluding tert-OH is 1. The molecule has 3 fully saturated rings. The molecule has 0 aromatic rings. The molecular formula is C33H58O4. The SMILES string of the molecule is CC(C)CCC[C@@H](C)[C@H]1CC[C@H]2[C@@H]3CC=C4C[C@H](OCCOCCOCCO)CC[C@]4(C)[C@H]3CC[C@]12C. The summed E-state index contributed by atoms with van der Waals surface area (Å²) < 4.78 is 17.1. The molecule has 4 aliphatic rings. The Balaban J connectivity index is 1.29. The van der Waals surface area contributed by atoms with Gasteiger partial charge in [0.05, 0.1) is 45.7 Å². The zero-order valence-corrected chi connectivity index (χ0v) is 24.8. The van der Waals surface area contributed by atoms with Gasteiger partial charge in [0.1, 0.15) is 0 Å². The summed E-state index contributed by atoms with van der Waals surface area (Å²) in [6.07, 6.45) is 18.0. The van der Waals surface area contributed by atoms with Crippen molar-refractivity contribution in [1.82, 2.24) is 0 Å². The van der Waals surface area contributed by atoms with Gasteiger partial charge in [0.25, 0.3) is 0 Å². The van der Waals surface area contributed by atoms with Gasteiger partial charge >= 0.3 is 0 Å². The van der Waals surface area contributed by atoms with Crippen molar-refractivity contribution in [2.45, 2.75) is 111 Å². The highest BCUT2D eigenvalue weighted by atomic mass is 16.5. The average molecular weight is 519 g/mol. The lowest BCUT2D eigenvalue weighted by Crippen LogP contribution is -2.51. The predicted molar refractivity (Wildman–Crippen MR) is 152 cm³/mol. The van der Waals surface area contributed by atoms with Gasteiger partial charge in [-0.25, -0.2) is 0 Å². The first-order valence-electron chi connectivity index (χ1n) is 15.9. The number of rotatable bonds is 14. The molecule has 37 heavy (non-hydrogen) atoms.